The Labute approximate surface area is 353 Å². The van der Waals surface area contributed by atoms with E-state index < -0.39 is 67.9 Å². The Hall–Kier alpha value is -3.49. The second-order valence-electron chi connectivity index (χ2n) is 13.6. The zero-order valence-electron chi connectivity index (χ0n) is 30.9. The number of allylic oxidation sites excluding steroid dienone is 8. The summed E-state index contributed by atoms with van der Waals surface area (Å²) in [5, 5.41) is 0.823. The molecule has 4 aromatic carbocycles. The molecular formula is C44H40Cl2F4N2O2Ti2. The number of hydrogen-bond donors (Lipinski definition) is 0. The van der Waals surface area contributed by atoms with Gasteiger partial charge in [0.1, 0.15) is 0 Å². The summed E-state index contributed by atoms with van der Waals surface area (Å²) in [7, 11) is 0. The summed E-state index contributed by atoms with van der Waals surface area (Å²) in [5.41, 5.74) is 0.0840. The van der Waals surface area contributed by atoms with Crippen molar-refractivity contribution in [2.24, 2.45) is 0 Å². The van der Waals surface area contributed by atoms with Gasteiger partial charge in [0.25, 0.3) is 0 Å². The Morgan fingerprint density at radius 1 is 0.571 bits per heavy atom. The fraction of sp³-hybridized carbons (Fsp3) is 0.227. The van der Waals surface area contributed by atoms with E-state index in [1.54, 1.807) is 72.9 Å². The molecule has 2 aliphatic carbocycles. The van der Waals surface area contributed by atoms with Gasteiger partial charge in [-0.05, 0) is 0 Å². The Morgan fingerprint density at radius 2 is 0.911 bits per heavy atom. The number of benzene rings is 4. The number of anilines is 2. The number of nitrogens with zero attached hydrogens (tertiary/aromatic N) is 2. The van der Waals surface area contributed by atoms with Crippen LogP contribution in [-0.4, -0.2) is 24.9 Å². The summed E-state index contributed by atoms with van der Waals surface area (Å²) in [4.78, 5) is 30.7. The third-order valence-electron chi connectivity index (χ3n) is 10.2. The second-order valence-corrected chi connectivity index (χ2v) is 20.8. The predicted molar refractivity (Wildman–Crippen MR) is 212 cm³/mol. The molecule has 0 N–H and O–H groups in total. The van der Waals surface area contributed by atoms with Crippen molar-refractivity contribution in [3.63, 3.8) is 0 Å². The zero-order valence-corrected chi connectivity index (χ0v) is 35.6. The molecule has 0 bridgehead atoms. The first-order valence-corrected chi connectivity index (χ1v) is 22.5. The van der Waals surface area contributed by atoms with Crippen molar-refractivity contribution >= 4 is 54.1 Å². The normalized spacial score (nSPS) is 13.7. The number of carbonyl (C=O) groups is 2. The first-order chi connectivity index (χ1) is 26.5. The first kappa shape index (κ1) is 43.6. The maximum absolute atomic E-state index is 17.9. The number of amides is 2. The molecule has 0 atom stereocenters. The van der Waals surface area contributed by atoms with E-state index in [0.717, 1.165) is 12.1 Å². The fourth-order valence-corrected chi connectivity index (χ4v) is 16.6. The van der Waals surface area contributed by atoms with Crippen molar-refractivity contribution in [1.82, 2.24) is 0 Å². The fourth-order valence-electron chi connectivity index (χ4n) is 7.53. The van der Waals surface area contributed by atoms with E-state index in [4.69, 9.17) is 23.2 Å². The van der Waals surface area contributed by atoms with Crippen LogP contribution < -0.4 is 17.5 Å². The van der Waals surface area contributed by atoms with E-state index in [0.29, 0.717) is 35.7 Å². The van der Waals surface area contributed by atoms with Crippen LogP contribution in [0.3, 0.4) is 0 Å². The van der Waals surface area contributed by atoms with Crippen LogP contribution in [0.25, 0.3) is 0 Å². The van der Waals surface area contributed by atoms with Gasteiger partial charge < -0.3 is 0 Å². The molecule has 12 heteroatoms. The number of carbonyl (C=O) groups excluding carboxylic acids is 2. The van der Waals surface area contributed by atoms with Gasteiger partial charge >= 0.3 is 335 Å². The van der Waals surface area contributed by atoms with Crippen LogP contribution in [0.5, 0.6) is 0 Å². The average Bonchev–Trinajstić information content (AvgIpc) is 3.93. The predicted octanol–water partition coefficient (Wildman–Crippen LogP) is 11.4. The molecule has 0 fully saturated rings. The minimum atomic E-state index is -5.30. The van der Waals surface area contributed by atoms with Crippen LogP contribution in [0.4, 0.5) is 28.9 Å². The van der Waals surface area contributed by atoms with Gasteiger partial charge in [-0.1, -0.05) is 0 Å². The molecule has 4 nitrogen and oxygen atoms in total. The minimum absolute atomic E-state index is 0. The van der Waals surface area contributed by atoms with Crippen LogP contribution in [0, 0.1) is 23.3 Å². The number of unbranched alkanes of at least 4 members (excludes halogenated alkanes) is 2. The number of rotatable bonds is 14. The van der Waals surface area contributed by atoms with Crippen molar-refractivity contribution in [2.75, 3.05) is 22.9 Å². The SMILES string of the molecule is CCCCN(C(=O)c1ccc(Cl)cc1)c1ccc(F)[c]([Ti]([c]2c(F)ccc(N(CCCC)C(=O)c3ccc(Cl)cc3)c2F)([CH]2C=CC=C2)[CH]2C=CC=C2)c1F.[Ti]. The third kappa shape index (κ3) is 8.52. The van der Waals surface area contributed by atoms with Crippen molar-refractivity contribution < 1.29 is 65.5 Å². The molecule has 0 radical (unpaired) electrons. The van der Waals surface area contributed by atoms with Gasteiger partial charge in [0, 0.05) is 21.7 Å². The van der Waals surface area contributed by atoms with E-state index in [9.17, 15) is 9.59 Å². The summed E-state index contributed by atoms with van der Waals surface area (Å²) in [5.74, 6) is -5.11. The first-order valence-electron chi connectivity index (χ1n) is 18.4. The van der Waals surface area contributed by atoms with Crippen LogP contribution in [0.2, 0.25) is 18.5 Å². The van der Waals surface area contributed by atoms with E-state index in [1.165, 1.54) is 46.2 Å². The van der Waals surface area contributed by atoms with E-state index in [-0.39, 0.29) is 57.3 Å². The van der Waals surface area contributed by atoms with Crippen molar-refractivity contribution in [1.29, 1.82) is 0 Å². The minimum Gasteiger partial charge on any atom is 0 e. The topological polar surface area (TPSA) is 40.6 Å². The molecule has 0 spiro atoms. The van der Waals surface area contributed by atoms with Crippen molar-refractivity contribution in [3.05, 3.63) is 166 Å². The molecule has 0 aromatic heterocycles. The maximum atomic E-state index is 17.9. The molecule has 0 unspecified atom stereocenters. The Balaban J connectivity index is 0.00000600. The standard InChI is InChI=1S/2C17H15ClF2NO.2C5H5.2Ti/c2*1-2-3-10-21(16-9-8-14(19)11-15(16)20)17(22)12-4-6-13(18)7-5-12;2*1-2-4-5-3-1;;/h2*4-9H,2-3,10H2,1H3;2*1-5H;;. The average molecular weight is 871 g/mol. The Morgan fingerprint density at radius 3 is 1.23 bits per heavy atom. The quantitative estimate of drug-likeness (QED) is 0.0936. The van der Waals surface area contributed by atoms with Crippen molar-refractivity contribution in [2.45, 2.75) is 48.0 Å². The maximum Gasteiger partial charge on any atom is 0 e. The molecule has 6 rings (SSSR count). The van der Waals surface area contributed by atoms with Gasteiger partial charge in [-0.15, -0.1) is 0 Å². The largest absolute Gasteiger partial charge is 0 e. The molecular weight excluding hydrogens is 831 g/mol. The summed E-state index contributed by atoms with van der Waals surface area (Å²) >= 11 is 6.89. The Bertz CT molecular complexity index is 2010. The monoisotopic (exact) mass is 870 g/mol. The zero-order chi connectivity index (χ0) is 39.3. The number of halogens is 6. The summed E-state index contributed by atoms with van der Waals surface area (Å²) in [6.07, 6.45) is 16.1. The van der Waals surface area contributed by atoms with Crippen LogP contribution >= 0.6 is 23.2 Å². The third-order valence-corrected chi connectivity index (χ3v) is 19.2. The molecule has 4 aromatic rings. The van der Waals surface area contributed by atoms with Gasteiger partial charge in [-0.3, -0.25) is 0 Å². The van der Waals surface area contributed by atoms with Gasteiger partial charge in [-0.2, -0.15) is 0 Å². The van der Waals surface area contributed by atoms with Gasteiger partial charge in [-0.25, -0.2) is 0 Å². The Kier molecular flexibility index (Phi) is 15.0. The molecule has 56 heavy (non-hydrogen) atoms. The van der Waals surface area contributed by atoms with Crippen LogP contribution in [0.15, 0.2) is 121 Å². The molecule has 0 heterocycles. The number of hydrogen-bond acceptors (Lipinski definition) is 2. The van der Waals surface area contributed by atoms with Gasteiger partial charge in [0.05, 0.1) is 0 Å². The van der Waals surface area contributed by atoms with Crippen LogP contribution in [0.1, 0.15) is 60.2 Å². The molecule has 2 aliphatic rings. The van der Waals surface area contributed by atoms with E-state index in [1.807, 2.05) is 13.8 Å². The molecule has 0 saturated heterocycles. The molecule has 0 saturated carbocycles. The van der Waals surface area contributed by atoms with E-state index in [2.05, 4.69) is 0 Å². The summed E-state index contributed by atoms with van der Waals surface area (Å²) in [6, 6.07) is 16.9. The second kappa shape index (κ2) is 19.3. The van der Waals surface area contributed by atoms with Crippen molar-refractivity contribution in [3.8, 4) is 0 Å². The molecule has 0 aliphatic heterocycles. The molecule has 2 amide bonds. The summed E-state index contributed by atoms with van der Waals surface area (Å²) in [6.45, 7) is 4.05. The summed E-state index contributed by atoms with van der Waals surface area (Å²) < 4.78 is 67.2. The van der Waals surface area contributed by atoms with Gasteiger partial charge in [0.15, 0.2) is 0 Å². The van der Waals surface area contributed by atoms with Crippen LogP contribution in [-0.2, 0) is 38.3 Å². The van der Waals surface area contributed by atoms with E-state index >= 15 is 17.6 Å². The van der Waals surface area contributed by atoms with Gasteiger partial charge in [0.2, 0.25) is 0 Å². The smallest absolute Gasteiger partial charge is 0 e. The molecule has 288 valence electrons.